The summed E-state index contributed by atoms with van der Waals surface area (Å²) in [5, 5.41) is 7.00. The molecule has 10 heavy (non-hydrogen) atoms. The fraction of sp³-hybridized carbons (Fsp3) is 0.833. The molecule has 0 spiro atoms. The molecule has 0 amide bonds. The predicted molar refractivity (Wildman–Crippen MR) is 46.6 cm³/mol. The molecular weight excluding hydrogens is 175 g/mol. The second-order valence-corrected chi connectivity index (χ2v) is 5.49. The van der Waals surface area contributed by atoms with E-state index in [4.69, 9.17) is 5.11 Å². The minimum absolute atomic E-state index is 0. The third-order valence-electron chi connectivity index (χ3n) is 0.866. The third-order valence-corrected chi connectivity index (χ3v) is 3.65. The molecule has 0 aromatic rings. The van der Waals surface area contributed by atoms with Crippen molar-refractivity contribution in [3.8, 4) is 0 Å². The molecule has 1 N–H and O–H groups in total. The summed E-state index contributed by atoms with van der Waals surface area (Å²) in [5.41, 5.74) is 0. The summed E-state index contributed by atoms with van der Waals surface area (Å²) in [7, 11) is 1.00. The van der Waals surface area contributed by atoms with Crippen LogP contribution < -0.4 is 29.6 Å². The maximum atomic E-state index is 7.00. The van der Waals surface area contributed by atoms with E-state index in [9.17, 15) is 0 Å². The maximum Gasteiger partial charge on any atom is 1.00 e. The number of thioether (sulfide) groups is 2. The van der Waals surface area contributed by atoms with Gasteiger partial charge in [0.15, 0.2) is 0 Å². The Hall–Kier alpha value is 1.66. The molecule has 1 saturated heterocycles. The summed E-state index contributed by atoms with van der Waals surface area (Å²) < 4.78 is 0.472. The van der Waals surface area contributed by atoms with Crippen LogP contribution in [-0.2, 0) is 0 Å². The van der Waals surface area contributed by atoms with Gasteiger partial charge >= 0.3 is 29.6 Å². The van der Waals surface area contributed by atoms with E-state index in [1.165, 1.54) is 5.75 Å². The van der Waals surface area contributed by atoms with Gasteiger partial charge in [-0.2, -0.15) is 11.8 Å². The number of rotatable bonds is 0. The van der Waals surface area contributed by atoms with Crippen LogP contribution in [0.2, 0.25) is 0 Å². The van der Waals surface area contributed by atoms with Gasteiger partial charge in [-0.25, -0.2) is 0 Å². The minimum Gasteiger partial charge on any atom is -0.400 e. The molecule has 1 rings (SSSR count). The molecule has 4 heteroatoms. The van der Waals surface area contributed by atoms with Crippen molar-refractivity contribution in [1.29, 1.82) is 0 Å². The van der Waals surface area contributed by atoms with Gasteiger partial charge in [-0.05, 0) is 13.8 Å². The Labute approximate surface area is 94.0 Å². The van der Waals surface area contributed by atoms with Crippen LogP contribution in [0.1, 0.15) is 13.8 Å². The SMILES string of the molecule is CC1(C)S[CH-]CS1.CO.[Na+]. The van der Waals surface area contributed by atoms with E-state index >= 15 is 0 Å². The molecular formula is C6H13NaOS2. The number of hydrogen-bond acceptors (Lipinski definition) is 3. The minimum atomic E-state index is 0. The molecule has 1 aliphatic heterocycles. The van der Waals surface area contributed by atoms with Crippen LogP contribution in [-0.4, -0.2) is 22.0 Å². The normalized spacial score (nSPS) is 20.4. The van der Waals surface area contributed by atoms with Crippen LogP contribution in [0, 0.1) is 5.75 Å². The second kappa shape index (κ2) is 7.32. The Morgan fingerprint density at radius 2 is 1.90 bits per heavy atom. The second-order valence-electron chi connectivity index (χ2n) is 2.00. The Bertz CT molecular complexity index is 70.1. The summed E-state index contributed by atoms with van der Waals surface area (Å²) in [6, 6.07) is 0. The molecule has 0 aromatic carbocycles. The van der Waals surface area contributed by atoms with Crippen molar-refractivity contribution in [2.45, 2.75) is 17.9 Å². The van der Waals surface area contributed by atoms with Gasteiger partial charge in [-0.15, -0.1) is 5.75 Å². The third kappa shape index (κ3) is 6.38. The van der Waals surface area contributed by atoms with E-state index < -0.39 is 0 Å². The molecule has 0 unspecified atom stereocenters. The first-order chi connectivity index (χ1) is 4.21. The molecule has 1 aliphatic rings. The van der Waals surface area contributed by atoms with Gasteiger partial charge in [-0.1, -0.05) is 0 Å². The molecule has 0 saturated carbocycles. The predicted octanol–water partition coefficient (Wildman–Crippen LogP) is -1.02. The van der Waals surface area contributed by atoms with Crippen LogP contribution in [0.3, 0.4) is 0 Å². The summed E-state index contributed by atoms with van der Waals surface area (Å²) in [6.45, 7) is 4.51. The van der Waals surface area contributed by atoms with Gasteiger partial charge in [0.05, 0.1) is 0 Å². The fourth-order valence-corrected chi connectivity index (χ4v) is 2.53. The van der Waals surface area contributed by atoms with E-state index in [0.29, 0.717) is 4.08 Å². The van der Waals surface area contributed by atoms with Gasteiger partial charge in [0, 0.05) is 11.2 Å². The summed E-state index contributed by atoms with van der Waals surface area (Å²) >= 11 is 3.94. The van der Waals surface area contributed by atoms with Gasteiger partial charge in [0.2, 0.25) is 0 Å². The van der Waals surface area contributed by atoms with Crippen molar-refractivity contribution in [3.05, 3.63) is 5.75 Å². The van der Waals surface area contributed by atoms with Crippen molar-refractivity contribution < 1.29 is 34.7 Å². The molecule has 56 valence electrons. The summed E-state index contributed by atoms with van der Waals surface area (Å²) in [6.07, 6.45) is 0. The largest absolute Gasteiger partial charge is 1.00 e. The van der Waals surface area contributed by atoms with Gasteiger partial charge < -0.3 is 16.9 Å². The molecule has 1 heterocycles. The first kappa shape index (κ1) is 14.2. The molecule has 0 aliphatic carbocycles. The zero-order chi connectivity index (χ0) is 7.33. The van der Waals surface area contributed by atoms with Crippen molar-refractivity contribution in [2.24, 2.45) is 0 Å². The smallest absolute Gasteiger partial charge is 0.400 e. The Kier molecular flexibility index (Phi) is 10.4. The van der Waals surface area contributed by atoms with E-state index in [0.717, 1.165) is 7.11 Å². The van der Waals surface area contributed by atoms with Gasteiger partial charge in [-0.3, -0.25) is 5.75 Å². The Morgan fingerprint density at radius 1 is 1.40 bits per heavy atom. The standard InChI is InChI=1S/C5H9S2.CH4O.Na/c1-5(2)6-3-4-7-5;1-2;/h3H,4H2,1-2H3;2H,1H3;/q-1;;+1. The maximum absolute atomic E-state index is 7.00. The average molecular weight is 188 g/mol. The quantitative estimate of drug-likeness (QED) is 0.388. The molecule has 0 atom stereocenters. The van der Waals surface area contributed by atoms with Crippen LogP contribution in [0.25, 0.3) is 0 Å². The average Bonchev–Trinajstić information content (AvgIpc) is 2.19. The first-order valence-electron chi connectivity index (χ1n) is 2.79. The monoisotopic (exact) mass is 188 g/mol. The van der Waals surface area contributed by atoms with Crippen LogP contribution >= 0.6 is 23.5 Å². The summed E-state index contributed by atoms with van der Waals surface area (Å²) in [4.78, 5) is 0. The number of aliphatic hydroxyl groups is 1. The van der Waals surface area contributed by atoms with Crippen molar-refractivity contribution in [1.82, 2.24) is 0 Å². The van der Waals surface area contributed by atoms with Gasteiger partial charge in [0.1, 0.15) is 0 Å². The number of hydrogen-bond donors (Lipinski definition) is 1. The van der Waals surface area contributed by atoms with Gasteiger partial charge in [0.25, 0.3) is 0 Å². The Balaban J connectivity index is 0. The molecule has 1 nitrogen and oxygen atoms in total. The van der Waals surface area contributed by atoms with Crippen LogP contribution in [0.4, 0.5) is 0 Å². The molecule has 0 aromatic heterocycles. The van der Waals surface area contributed by atoms with Crippen LogP contribution in [0.15, 0.2) is 0 Å². The fourth-order valence-electron chi connectivity index (χ4n) is 0.503. The molecule has 1 fully saturated rings. The first-order valence-corrected chi connectivity index (χ1v) is 4.65. The molecule has 0 radical (unpaired) electrons. The number of aliphatic hydroxyl groups excluding tert-OH is 1. The van der Waals surface area contributed by atoms with Crippen molar-refractivity contribution in [2.75, 3.05) is 12.9 Å². The zero-order valence-electron chi connectivity index (χ0n) is 7.05. The zero-order valence-corrected chi connectivity index (χ0v) is 10.7. The van der Waals surface area contributed by atoms with E-state index in [2.05, 4.69) is 19.6 Å². The van der Waals surface area contributed by atoms with Crippen molar-refractivity contribution in [3.63, 3.8) is 0 Å². The molecule has 0 bridgehead atoms. The van der Waals surface area contributed by atoms with E-state index in [1.807, 2.05) is 23.5 Å². The summed E-state index contributed by atoms with van der Waals surface area (Å²) in [5.74, 6) is 3.49. The van der Waals surface area contributed by atoms with E-state index in [1.54, 1.807) is 0 Å². The topological polar surface area (TPSA) is 20.2 Å². The van der Waals surface area contributed by atoms with Crippen LogP contribution in [0.5, 0.6) is 0 Å². The Morgan fingerprint density at radius 3 is 2.00 bits per heavy atom. The van der Waals surface area contributed by atoms with Crippen molar-refractivity contribution >= 4 is 23.5 Å². The van der Waals surface area contributed by atoms with E-state index in [-0.39, 0.29) is 29.6 Å².